The highest BCUT2D eigenvalue weighted by Gasteiger charge is 2.35. The number of halogens is 3. The van der Waals surface area contributed by atoms with Crippen molar-refractivity contribution in [3.8, 4) is 0 Å². The fourth-order valence-corrected chi connectivity index (χ4v) is 2.17. The predicted octanol–water partition coefficient (Wildman–Crippen LogP) is 1.87. The molecule has 0 unspecified atom stereocenters. The van der Waals surface area contributed by atoms with Crippen molar-refractivity contribution < 1.29 is 17.9 Å². The molecule has 1 aromatic heterocycles. The van der Waals surface area contributed by atoms with Crippen molar-refractivity contribution in [2.75, 3.05) is 6.61 Å². The van der Waals surface area contributed by atoms with Crippen LogP contribution in [-0.4, -0.2) is 24.2 Å². The van der Waals surface area contributed by atoms with Gasteiger partial charge in [-0.2, -0.15) is 13.2 Å². The number of hydrogen-bond acceptors (Lipinski definition) is 3. The molecule has 0 aliphatic carbocycles. The minimum Gasteiger partial charge on any atom is -0.361 e. The lowest BCUT2D eigenvalue weighted by molar-refractivity contribution is -0.147. The smallest absolute Gasteiger partial charge is 0.361 e. The lowest BCUT2D eigenvalue weighted by Crippen LogP contribution is -2.36. The average Bonchev–Trinajstić information content (AvgIpc) is 2.23. The van der Waals surface area contributed by atoms with E-state index in [0.29, 0.717) is 10.6 Å². The maximum atomic E-state index is 12.7. The van der Waals surface area contributed by atoms with Crippen molar-refractivity contribution in [1.82, 2.24) is 9.55 Å². The van der Waals surface area contributed by atoms with E-state index in [1.54, 1.807) is 4.98 Å². The van der Waals surface area contributed by atoms with Crippen molar-refractivity contribution in [2.45, 2.75) is 38.6 Å². The van der Waals surface area contributed by atoms with Gasteiger partial charge in [-0.25, -0.2) is 4.79 Å². The Morgan fingerprint density at radius 2 is 1.90 bits per heavy atom. The highest BCUT2D eigenvalue weighted by Crippen LogP contribution is 2.27. The molecule has 0 saturated carbocycles. The van der Waals surface area contributed by atoms with Crippen molar-refractivity contribution >= 4 is 8.07 Å². The van der Waals surface area contributed by atoms with Crippen LogP contribution in [0.2, 0.25) is 25.7 Å². The first-order valence-corrected chi connectivity index (χ1v) is 9.70. The van der Waals surface area contributed by atoms with Gasteiger partial charge in [0.25, 0.3) is 5.56 Å². The first-order chi connectivity index (χ1) is 9.00. The van der Waals surface area contributed by atoms with Crippen LogP contribution >= 0.6 is 0 Å². The molecule has 0 saturated heterocycles. The van der Waals surface area contributed by atoms with E-state index in [1.165, 1.54) is 0 Å². The minimum absolute atomic E-state index is 0.276. The molecule has 114 valence electrons. The zero-order valence-electron chi connectivity index (χ0n) is 11.5. The maximum Gasteiger partial charge on any atom is 0.431 e. The average molecular weight is 310 g/mol. The molecule has 0 aliphatic rings. The van der Waals surface area contributed by atoms with Crippen LogP contribution in [0.15, 0.2) is 15.7 Å². The van der Waals surface area contributed by atoms with Crippen LogP contribution in [-0.2, 0) is 17.6 Å². The van der Waals surface area contributed by atoms with E-state index in [2.05, 4.69) is 19.6 Å². The van der Waals surface area contributed by atoms with Crippen LogP contribution in [0.4, 0.5) is 13.2 Å². The van der Waals surface area contributed by atoms with E-state index in [1.807, 2.05) is 0 Å². The topological polar surface area (TPSA) is 64.1 Å². The Bertz CT molecular complexity index is 572. The summed E-state index contributed by atoms with van der Waals surface area (Å²) < 4.78 is 43.7. The van der Waals surface area contributed by atoms with Crippen LogP contribution < -0.4 is 11.2 Å². The van der Waals surface area contributed by atoms with Crippen molar-refractivity contribution in [2.24, 2.45) is 0 Å². The van der Waals surface area contributed by atoms with E-state index >= 15 is 0 Å². The number of aromatic nitrogens is 2. The molecule has 0 aromatic carbocycles. The first kappa shape index (κ1) is 16.7. The van der Waals surface area contributed by atoms with Crippen LogP contribution in [0, 0.1) is 0 Å². The summed E-state index contributed by atoms with van der Waals surface area (Å²) in [5, 5.41) is 0. The van der Waals surface area contributed by atoms with Crippen LogP contribution in [0.5, 0.6) is 0 Å². The van der Waals surface area contributed by atoms with E-state index in [9.17, 15) is 22.8 Å². The Morgan fingerprint density at radius 1 is 1.30 bits per heavy atom. The molecule has 1 N–H and O–H groups in total. The van der Waals surface area contributed by atoms with Gasteiger partial charge in [0.15, 0.2) is 0 Å². The molecule has 9 heteroatoms. The summed E-state index contributed by atoms with van der Waals surface area (Å²) in [6, 6.07) is 1.12. The third-order valence-electron chi connectivity index (χ3n) is 2.54. The normalized spacial score (nSPS) is 12.7. The second kappa shape index (κ2) is 5.96. The van der Waals surface area contributed by atoms with Crippen molar-refractivity contribution in [3.63, 3.8) is 0 Å². The Morgan fingerprint density at radius 3 is 2.40 bits per heavy atom. The molecule has 1 aromatic rings. The fraction of sp³-hybridized carbons (Fsp3) is 0.636. The molecular formula is C11H17F3N2O3Si. The van der Waals surface area contributed by atoms with E-state index < -0.39 is 37.9 Å². The van der Waals surface area contributed by atoms with Gasteiger partial charge in [0, 0.05) is 20.7 Å². The summed E-state index contributed by atoms with van der Waals surface area (Å²) in [5.41, 5.74) is -3.52. The number of hydrogen-bond donors (Lipinski definition) is 1. The SMILES string of the molecule is C[Si](C)(C)CCOCn1c(C(F)(F)F)cc(=O)[nH]c1=O. The fourth-order valence-electron chi connectivity index (χ4n) is 1.42. The number of alkyl halides is 3. The highest BCUT2D eigenvalue weighted by atomic mass is 28.3. The van der Waals surface area contributed by atoms with Crippen molar-refractivity contribution in [3.05, 3.63) is 32.6 Å². The van der Waals surface area contributed by atoms with Gasteiger partial charge in [0.05, 0.1) is 0 Å². The Labute approximate surface area is 114 Å². The van der Waals surface area contributed by atoms with Gasteiger partial charge < -0.3 is 4.74 Å². The van der Waals surface area contributed by atoms with Gasteiger partial charge in [-0.05, 0) is 6.04 Å². The molecule has 0 atom stereocenters. The van der Waals surface area contributed by atoms with Gasteiger partial charge in [-0.15, -0.1) is 0 Å². The molecule has 1 rings (SSSR count). The molecule has 0 aliphatic heterocycles. The largest absolute Gasteiger partial charge is 0.431 e. The van der Waals surface area contributed by atoms with Gasteiger partial charge in [0.2, 0.25) is 0 Å². The van der Waals surface area contributed by atoms with Gasteiger partial charge in [-0.1, -0.05) is 19.6 Å². The Kier molecular flexibility index (Phi) is 4.98. The number of H-pyrrole nitrogens is 1. The second-order valence-corrected chi connectivity index (χ2v) is 11.2. The van der Waals surface area contributed by atoms with E-state index in [4.69, 9.17) is 4.74 Å². The number of ether oxygens (including phenoxy) is 1. The van der Waals surface area contributed by atoms with Crippen LogP contribution in [0.1, 0.15) is 5.69 Å². The van der Waals surface area contributed by atoms with E-state index in [-0.39, 0.29) is 6.61 Å². The molecule has 0 radical (unpaired) electrons. The second-order valence-electron chi connectivity index (χ2n) is 5.60. The summed E-state index contributed by atoms with van der Waals surface area (Å²) in [7, 11) is -1.36. The molecule has 0 amide bonds. The molecule has 1 heterocycles. The van der Waals surface area contributed by atoms with Crippen molar-refractivity contribution in [1.29, 1.82) is 0 Å². The van der Waals surface area contributed by atoms with E-state index in [0.717, 1.165) is 6.04 Å². The zero-order chi connectivity index (χ0) is 15.6. The molecular weight excluding hydrogens is 293 g/mol. The standard InChI is InChI=1S/C11H17F3N2O3Si/c1-20(2,3)5-4-19-7-16-8(11(12,13)14)6-9(17)15-10(16)18/h6H,4-5,7H2,1-3H3,(H,15,17,18). The number of aromatic amines is 1. The number of rotatable bonds is 5. The van der Waals surface area contributed by atoms with Gasteiger partial charge >= 0.3 is 11.9 Å². The Hall–Kier alpha value is -1.35. The third-order valence-corrected chi connectivity index (χ3v) is 4.25. The molecule has 0 fully saturated rings. The molecule has 20 heavy (non-hydrogen) atoms. The minimum atomic E-state index is -4.78. The van der Waals surface area contributed by atoms with Gasteiger partial charge in [0.1, 0.15) is 12.4 Å². The highest BCUT2D eigenvalue weighted by molar-refractivity contribution is 6.76. The Balaban J connectivity index is 2.90. The predicted molar refractivity (Wildman–Crippen MR) is 70.4 cm³/mol. The first-order valence-electron chi connectivity index (χ1n) is 6.00. The number of nitrogens with zero attached hydrogens (tertiary/aromatic N) is 1. The zero-order valence-corrected chi connectivity index (χ0v) is 12.5. The third kappa shape index (κ3) is 4.97. The maximum absolute atomic E-state index is 12.7. The summed E-state index contributed by atoms with van der Waals surface area (Å²) in [6.45, 7) is 6.05. The summed E-state index contributed by atoms with van der Waals surface area (Å²) in [5.74, 6) is 0. The van der Waals surface area contributed by atoms with Crippen LogP contribution in [0.3, 0.4) is 0 Å². The lowest BCUT2D eigenvalue weighted by atomic mass is 10.4. The molecule has 0 bridgehead atoms. The lowest BCUT2D eigenvalue weighted by Gasteiger charge is -2.17. The summed E-state index contributed by atoms with van der Waals surface area (Å²) in [6.07, 6.45) is -4.78. The summed E-state index contributed by atoms with van der Waals surface area (Å²) in [4.78, 5) is 24.2. The van der Waals surface area contributed by atoms with Crippen LogP contribution in [0.25, 0.3) is 0 Å². The van der Waals surface area contributed by atoms with Gasteiger partial charge in [-0.3, -0.25) is 14.3 Å². The quantitative estimate of drug-likeness (QED) is 0.667. The summed E-state index contributed by atoms with van der Waals surface area (Å²) >= 11 is 0. The molecule has 0 spiro atoms. The number of nitrogens with one attached hydrogen (secondary N) is 1. The monoisotopic (exact) mass is 310 g/mol. The molecule has 5 nitrogen and oxygen atoms in total.